The highest BCUT2D eigenvalue weighted by molar-refractivity contribution is 7.90. The van der Waals surface area contributed by atoms with Crippen LogP contribution < -0.4 is 5.32 Å². The molecule has 0 heterocycles. The maximum atomic E-state index is 10.7. The molecule has 0 fully saturated rings. The molecule has 6 heteroatoms. The van der Waals surface area contributed by atoms with Gasteiger partial charge in [-0.2, -0.15) is 0 Å². The average Bonchev–Trinajstić information content (AvgIpc) is 2.02. The summed E-state index contributed by atoms with van der Waals surface area (Å²) in [6, 6.07) is 0. The van der Waals surface area contributed by atoms with Gasteiger partial charge in [-0.15, -0.1) is 0 Å². The number of rotatable bonds is 6. The van der Waals surface area contributed by atoms with E-state index in [0.717, 1.165) is 6.26 Å². The lowest BCUT2D eigenvalue weighted by atomic mass is 10.1. The Morgan fingerprint density at radius 2 is 1.77 bits per heavy atom. The smallest absolute Gasteiger partial charge is 0.148 e. The number of nitrogens with one attached hydrogen (secondary N) is 1. The Bertz CT molecular complexity index is 233. The maximum absolute atomic E-state index is 10.7. The van der Waals surface area contributed by atoms with E-state index in [1.54, 1.807) is 6.92 Å². The van der Waals surface area contributed by atoms with Crippen LogP contribution in [0.1, 0.15) is 6.92 Å². The molecule has 0 aliphatic rings. The number of sulfone groups is 1. The molecule has 0 spiro atoms. The molecule has 0 saturated carbocycles. The van der Waals surface area contributed by atoms with E-state index in [2.05, 4.69) is 5.32 Å². The van der Waals surface area contributed by atoms with Crippen LogP contribution >= 0.6 is 0 Å². The first kappa shape index (κ1) is 12.8. The first-order valence-corrected chi connectivity index (χ1v) is 6.03. The largest absolute Gasteiger partial charge is 0.394 e. The monoisotopic (exact) mass is 211 g/mol. The Hall–Kier alpha value is -0.170. The van der Waals surface area contributed by atoms with Crippen molar-refractivity contribution < 1.29 is 18.6 Å². The number of hydrogen-bond donors (Lipinski definition) is 3. The van der Waals surface area contributed by atoms with E-state index in [0.29, 0.717) is 0 Å². The Morgan fingerprint density at radius 3 is 2.08 bits per heavy atom. The predicted molar refractivity (Wildman–Crippen MR) is 50.3 cm³/mol. The molecule has 0 amide bonds. The molecule has 0 aromatic rings. The molecule has 0 aromatic carbocycles. The van der Waals surface area contributed by atoms with Gasteiger partial charge in [0.15, 0.2) is 0 Å². The minimum Gasteiger partial charge on any atom is -0.394 e. The molecule has 80 valence electrons. The van der Waals surface area contributed by atoms with Crippen molar-refractivity contribution in [3.8, 4) is 0 Å². The van der Waals surface area contributed by atoms with Gasteiger partial charge >= 0.3 is 0 Å². The molecule has 0 saturated heterocycles. The molecule has 13 heavy (non-hydrogen) atoms. The fourth-order valence-corrected chi connectivity index (χ4v) is 1.17. The molecule has 0 rings (SSSR count). The summed E-state index contributed by atoms with van der Waals surface area (Å²) in [5.74, 6) is 0.00257. The molecule has 5 nitrogen and oxygen atoms in total. The molecule has 0 radical (unpaired) electrons. The van der Waals surface area contributed by atoms with Gasteiger partial charge in [-0.1, -0.05) is 0 Å². The van der Waals surface area contributed by atoms with Gasteiger partial charge in [-0.3, -0.25) is 0 Å². The minimum atomic E-state index is -2.99. The van der Waals surface area contributed by atoms with Gasteiger partial charge in [0.1, 0.15) is 9.84 Å². The predicted octanol–water partition coefficient (Wildman–Crippen LogP) is -1.64. The van der Waals surface area contributed by atoms with Gasteiger partial charge in [0.05, 0.1) is 24.5 Å². The van der Waals surface area contributed by atoms with Gasteiger partial charge in [0, 0.05) is 12.8 Å². The summed E-state index contributed by atoms with van der Waals surface area (Å²) >= 11 is 0. The standard InChI is InChI=1S/C7H17NO4S/c1-7(5-9,6-10)8-3-4-13(2,11)12/h8-10H,3-6H2,1-2H3. The van der Waals surface area contributed by atoms with E-state index in [-0.39, 0.29) is 25.5 Å². The van der Waals surface area contributed by atoms with Gasteiger partial charge in [-0.05, 0) is 6.92 Å². The molecule has 0 unspecified atom stereocenters. The molecule has 0 bridgehead atoms. The van der Waals surface area contributed by atoms with Crippen LogP contribution in [0.3, 0.4) is 0 Å². The van der Waals surface area contributed by atoms with Crippen LogP contribution in [0.25, 0.3) is 0 Å². The summed E-state index contributed by atoms with van der Waals surface area (Å²) in [7, 11) is -2.99. The van der Waals surface area contributed by atoms with E-state index in [1.165, 1.54) is 0 Å². The molecular weight excluding hydrogens is 194 g/mol. The van der Waals surface area contributed by atoms with E-state index in [4.69, 9.17) is 10.2 Å². The summed E-state index contributed by atoms with van der Waals surface area (Å²) in [4.78, 5) is 0. The normalized spacial score (nSPS) is 13.2. The third-order valence-corrected chi connectivity index (χ3v) is 2.67. The van der Waals surface area contributed by atoms with Crippen LogP contribution in [-0.4, -0.2) is 55.9 Å². The lowest BCUT2D eigenvalue weighted by Gasteiger charge is -2.25. The first-order chi connectivity index (χ1) is 5.83. The molecule has 0 atom stereocenters. The van der Waals surface area contributed by atoms with Crippen molar-refractivity contribution in [3.63, 3.8) is 0 Å². The van der Waals surface area contributed by atoms with E-state index in [9.17, 15) is 8.42 Å². The quantitative estimate of drug-likeness (QED) is 0.491. The topological polar surface area (TPSA) is 86.6 Å². The van der Waals surface area contributed by atoms with Crippen molar-refractivity contribution in [3.05, 3.63) is 0 Å². The fraction of sp³-hybridized carbons (Fsp3) is 1.00. The van der Waals surface area contributed by atoms with Gasteiger partial charge in [0.2, 0.25) is 0 Å². The molecule has 0 aliphatic carbocycles. The Kier molecular flexibility index (Phi) is 4.83. The van der Waals surface area contributed by atoms with E-state index >= 15 is 0 Å². The minimum absolute atomic E-state index is 0.00257. The van der Waals surface area contributed by atoms with Crippen molar-refractivity contribution in [2.24, 2.45) is 0 Å². The molecular formula is C7H17NO4S. The summed E-state index contributed by atoms with van der Waals surface area (Å²) in [5.41, 5.74) is -0.801. The highest BCUT2D eigenvalue weighted by Crippen LogP contribution is 1.99. The molecule has 0 aliphatic heterocycles. The molecule has 3 N–H and O–H groups in total. The Balaban J connectivity index is 3.88. The van der Waals surface area contributed by atoms with Gasteiger partial charge in [-0.25, -0.2) is 8.42 Å². The Morgan fingerprint density at radius 1 is 1.31 bits per heavy atom. The van der Waals surface area contributed by atoms with Gasteiger partial charge in [0.25, 0.3) is 0 Å². The summed E-state index contributed by atoms with van der Waals surface area (Å²) < 4.78 is 21.5. The van der Waals surface area contributed by atoms with Crippen LogP contribution in [0.4, 0.5) is 0 Å². The number of aliphatic hydroxyl groups is 2. The Labute approximate surface area is 78.7 Å². The third kappa shape index (κ3) is 5.98. The van der Waals surface area contributed by atoms with Crippen LogP contribution in [0, 0.1) is 0 Å². The third-order valence-electron chi connectivity index (χ3n) is 1.72. The lowest BCUT2D eigenvalue weighted by molar-refractivity contribution is 0.106. The zero-order valence-electron chi connectivity index (χ0n) is 7.95. The maximum Gasteiger partial charge on any atom is 0.148 e. The average molecular weight is 211 g/mol. The van der Waals surface area contributed by atoms with Crippen molar-refractivity contribution in [2.75, 3.05) is 31.8 Å². The second-order valence-electron chi connectivity index (χ2n) is 3.43. The lowest BCUT2D eigenvalue weighted by Crippen LogP contribution is -2.50. The summed E-state index contributed by atoms with van der Waals surface area (Å²) in [6.07, 6.45) is 1.14. The number of aliphatic hydroxyl groups excluding tert-OH is 2. The van der Waals surface area contributed by atoms with Crippen LogP contribution in [0.5, 0.6) is 0 Å². The van der Waals surface area contributed by atoms with Crippen LogP contribution in [0.15, 0.2) is 0 Å². The zero-order chi connectivity index (χ0) is 10.5. The van der Waals surface area contributed by atoms with Crippen molar-refractivity contribution in [1.82, 2.24) is 5.32 Å². The second-order valence-corrected chi connectivity index (χ2v) is 5.69. The number of hydrogen-bond acceptors (Lipinski definition) is 5. The zero-order valence-corrected chi connectivity index (χ0v) is 8.76. The second kappa shape index (κ2) is 4.90. The van der Waals surface area contributed by atoms with Crippen molar-refractivity contribution in [2.45, 2.75) is 12.5 Å². The van der Waals surface area contributed by atoms with E-state index < -0.39 is 15.4 Å². The first-order valence-electron chi connectivity index (χ1n) is 3.97. The summed E-state index contributed by atoms with van der Waals surface area (Å²) in [6.45, 7) is 1.40. The summed E-state index contributed by atoms with van der Waals surface area (Å²) in [5, 5.41) is 20.5. The molecule has 0 aromatic heterocycles. The van der Waals surface area contributed by atoms with E-state index in [1.807, 2.05) is 0 Å². The van der Waals surface area contributed by atoms with Crippen LogP contribution in [-0.2, 0) is 9.84 Å². The van der Waals surface area contributed by atoms with Crippen molar-refractivity contribution >= 4 is 9.84 Å². The van der Waals surface area contributed by atoms with Gasteiger partial charge < -0.3 is 15.5 Å². The fourth-order valence-electron chi connectivity index (χ4n) is 0.700. The SMILES string of the molecule is CC(CO)(CO)NCCS(C)(=O)=O. The highest BCUT2D eigenvalue weighted by Gasteiger charge is 2.21. The van der Waals surface area contributed by atoms with Crippen molar-refractivity contribution in [1.29, 1.82) is 0 Å². The highest BCUT2D eigenvalue weighted by atomic mass is 32.2. The van der Waals surface area contributed by atoms with Crippen LogP contribution in [0.2, 0.25) is 0 Å².